The number of nitrogens with two attached hydrogens (primary N) is 1. The van der Waals surface area contributed by atoms with Crippen LogP contribution in [0.25, 0.3) is 0 Å². The summed E-state index contributed by atoms with van der Waals surface area (Å²) in [6.07, 6.45) is 0. The minimum absolute atomic E-state index is 0.0103. The monoisotopic (exact) mass is 411 g/mol. The first-order valence-corrected chi connectivity index (χ1v) is 8.70. The maximum absolute atomic E-state index is 12.5. The van der Waals surface area contributed by atoms with E-state index in [4.69, 9.17) is 42.8 Å². The van der Waals surface area contributed by atoms with E-state index in [1.807, 2.05) is 0 Å². The molecule has 1 aliphatic rings. The van der Waals surface area contributed by atoms with Crippen molar-refractivity contribution in [2.45, 2.75) is 19.4 Å². The summed E-state index contributed by atoms with van der Waals surface area (Å²) in [5.41, 5.74) is 5.83. The lowest BCUT2D eigenvalue weighted by atomic mass is 9.86. The highest BCUT2D eigenvalue weighted by Crippen LogP contribution is 2.42. The van der Waals surface area contributed by atoms with Crippen LogP contribution in [0.2, 0.25) is 10.0 Å². The van der Waals surface area contributed by atoms with Gasteiger partial charge in [0.05, 0.1) is 22.6 Å². The van der Waals surface area contributed by atoms with Crippen LogP contribution < -0.4 is 15.9 Å². The van der Waals surface area contributed by atoms with Crippen LogP contribution in [0, 0.1) is 0 Å². The quantitative estimate of drug-likeness (QED) is 0.743. The Kier molecular flexibility index (Phi) is 5.46. The molecule has 0 aliphatic carbocycles. The van der Waals surface area contributed by atoms with Crippen molar-refractivity contribution < 1.29 is 23.8 Å². The highest BCUT2D eigenvalue weighted by atomic mass is 35.5. The van der Waals surface area contributed by atoms with Gasteiger partial charge in [0.15, 0.2) is 5.76 Å². The minimum Gasteiger partial charge on any atom is -0.462 e. The van der Waals surface area contributed by atoms with Crippen molar-refractivity contribution in [1.29, 1.82) is 0 Å². The van der Waals surface area contributed by atoms with Crippen LogP contribution in [0.15, 0.2) is 44.9 Å². The molecule has 9 heteroatoms. The number of esters is 1. The fraction of sp³-hybridized carbons (Fsp3) is 0.222. The number of benzene rings is 1. The van der Waals surface area contributed by atoms with E-state index in [-0.39, 0.29) is 40.4 Å². The third kappa shape index (κ3) is 3.53. The Morgan fingerprint density at radius 3 is 2.67 bits per heavy atom. The number of aliphatic hydroxyl groups excluding tert-OH is 1. The summed E-state index contributed by atoms with van der Waals surface area (Å²) in [6, 6.07) is 5.78. The molecule has 2 heterocycles. The van der Waals surface area contributed by atoms with Gasteiger partial charge in [0.25, 0.3) is 0 Å². The molecule has 3 rings (SSSR count). The molecule has 0 fully saturated rings. The summed E-state index contributed by atoms with van der Waals surface area (Å²) in [6.45, 7) is 1.24. The van der Waals surface area contributed by atoms with Gasteiger partial charge in [0, 0.05) is 6.07 Å². The van der Waals surface area contributed by atoms with Crippen molar-refractivity contribution in [3.8, 4) is 5.75 Å². The van der Waals surface area contributed by atoms with E-state index >= 15 is 0 Å². The Morgan fingerprint density at radius 1 is 1.30 bits per heavy atom. The summed E-state index contributed by atoms with van der Waals surface area (Å²) in [5, 5.41) is 9.93. The van der Waals surface area contributed by atoms with Gasteiger partial charge >= 0.3 is 5.97 Å². The van der Waals surface area contributed by atoms with Gasteiger partial charge in [-0.2, -0.15) is 0 Å². The van der Waals surface area contributed by atoms with Crippen LogP contribution in [0.5, 0.6) is 5.75 Å². The average molecular weight is 412 g/mol. The molecule has 0 unspecified atom stereocenters. The average Bonchev–Trinajstić information content (AvgIpc) is 2.63. The number of aliphatic hydroxyl groups is 1. The van der Waals surface area contributed by atoms with Crippen LogP contribution in [0.3, 0.4) is 0 Å². The van der Waals surface area contributed by atoms with Gasteiger partial charge in [-0.3, -0.25) is 4.79 Å². The van der Waals surface area contributed by atoms with Crippen molar-refractivity contribution in [2.75, 3.05) is 6.61 Å². The van der Waals surface area contributed by atoms with Gasteiger partial charge in [0.2, 0.25) is 17.1 Å². The molecule has 0 amide bonds. The van der Waals surface area contributed by atoms with Gasteiger partial charge < -0.3 is 24.7 Å². The number of hydrogen-bond acceptors (Lipinski definition) is 7. The summed E-state index contributed by atoms with van der Waals surface area (Å²) in [4.78, 5) is 24.9. The SMILES string of the molecule is CCOC(=O)C1=C(N)Oc2c(oc(CO)cc2=O)[C@@H]1c1ccc(Cl)c(Cl)c1. The zero-order valence-electron chi connectivity index (χ0n) is 14.1. The number of ether oxygens (including phenoxy) is 2. The van der Waals surface area contributed by atoms with Crippen molar-refractivity contribution >= 4 is 29.2 Å². The summed E-state index contributed by atoms with van der Waals surface area (Å²) in [7, 11) is 0. The first kappa shape index (κ1) is 19.3. The molecule has 3 N–H and O–H groups in total. The second-order valence-corrected chi connectivity index (χ2v) is 6.45. The Hall–Kier alpha value is -2.48. The molecule has 2 aromatic rings. The highest BCUT2D eigenvalue weighted by molar-refractivity contribution is 6.42. The van der Waals surface area contributed by atoms with E-state index in [1.165, 1.54) is 6.07 Å². The molecular formula is C18H15Cl2NO6. The van der Waals surface area contributed by atoms with Gasteiger partial charge in [-0.05, 0) is 24.6 Å². The number of fused-ring (bicyclic) bond motifs is 1. The van der Waals surface area contributed by atoms with Gasteiger partial charge in [-0.15, -0.1) is 0 Å². The zero-order chi connectivity index (χ0) is 19.7. The number of halogens is 2. The van der Waals surface area contributed by atoms with E-state index in [1.54, 1.807) is 19.1 Å². The second kappa shape index (κ2) is 7.64. The second-order valence-electron chi connectivity index (χ2n) is 5.64. The Labute approximate surface area is 163 Å². The lowest BCUT2D eigenvalue weighted by Gasteiger charge is -2.27. The van der Waals surface area contributed by atoms with Crippen molar-refractivity contribution in [2.24, 2.45) is 5.73 Å². The maximum atomic E-state index is 12.5. The predicted octanol–water partition coefficient (Wildman–Crippen LogP) is 2.70. The van der Waals surface area contributed by atoms with Crippen LogP contribution in [-0.2, 0) is 16.1 Å². The minimum atomic E-state index is -0.929. The van der Waals surface area contributed by atoms with Crippen LogP contribution in [0.4, 0.5) is 0 Å². The molecule has 7 nitrogen and oxygen atoms in total. The summed E-state index contributed by atoms with van der Waals surface area (Å²) in [5.74, 6) is -2.08. The van der Waals surface area contributed by atoms with Crippen LogP contribution in [0.1, 0.15) is 29.9 Å². The molecule has 0 spiro atoms. The first-order chi connectivity index (χ1) is 12.9. The molecule has 0 bridgehead atoms. The molecule has 1 atom stereocenters. The molecule has 1 aromatic heterocycles. The fourth-order valence-corrected chi connectivity index (χ4v) is 3.10. The standard InChI is InChI=1S/C18H15Cl2NO6/c1-2-25-18(24)14-13(8-3-4-10(19)11(20)5-8)16-15(27-17(14)21)12(23)6-9(7-22)26-16/h3-6,13,22H,2,7,21H2,1H3/t13-/m1/s1. The Morgan fingerprint density at radius 2 is 2.04 bits per heavy atom. The molecule has 0 saturated carbocycles. The molecule has 27 heavy (non-hydrogen) atoms. The largest absolute Gasteiger partial charge is 0.462 e. The van der Waals surface area contributed by atoms with E-state index in [0.717, 1.165) is 6.07 Å². The predicted molar refractivity (Wildman–Crippen MR) is 97.7 cm³/mol. The highest BCUT2D eigenvalue weighted by Gasteiger charge is 2.39. The van der Waals surface area contributed by atoms with E-state index < -0.39 is 23.9 Å². The third-order valence-corrected chi connectivity index (χ3v) is 4.68. The molecular weight excluding hydrogens is 397 g/mol. The van der Waals surface area contributed by atoms with Crippen molar-refractivity contribution in [1.82, 2.24) is 0 Å². The molecule has 1 aromatic carbocycles. The summed E-state index contributed by atoms with van der Waals surface area (Å²) < 4.78 is 16.1. The lowest BCUT2D eigenvalue weighted by Crippen LogP contribution is -2.30. The molecule has 1 aliphatic heterocycles. The van der Waals surface area contributed by atoms with E-state index in [2.05, 4.69) is 0 Å². The van der Waals surface area contributed by atoms with Gasteiger partial charge in [0.1, 0.15) is 17.9 Å². The Balaban J connectivity index is 2.29. The van der Waals surface area contributed by atoms with Gasteiger partial charge in [-0.1, -0.05) is 29.3 Å². The lowest BCUT2D eigenvalue weighted by molar-refractivity contribution is -0.139. The van der Waals surface area contributed by atoms with Crippen LogP contribution >= 0.6 is 23.2 Å². The molecule has 0 radical (unpaired) electrons. The number of carbonyl (C=O) groups excluding carboxylic acids is 1. The van der Waals surface area contributed by atoms with E-state index in [0.29, 0.717) is 10.6 Å². The summed E-state index contributed by atoms with van der Waals surface area (Å²) >= 11 is 12.1. The first-order valence-electron chi connectivity index (χ1n) is 7.94. The van der Waals surface area contributed by atoms with Crippen LogP contribution in [-0.4, -0.2) is 17.7 Å². The van der Waals surface area contributed by atoms with Crippen molar-refractivity contribution in [3.63, 3.8) is 0 Å². The number of carbonyl (C=O) groups is 1. The third-order valence-electron chi connectivity index (χ3n) is 3.94. The molecule has 142 valence electrons. The normalized spacial score (nSPS) is 15.9. The number of rotatable bonds is 4. The van der Waals surface area contributed by atoms with Gasteiger partial charge in [-0.25, -0.2) is 4.79 Å². The van der Waals surface area contributed by atoms with Crippen molar-refractivity contribution in [3.05, 3.63) is 73.1 Å². The Bertz CT molecular complexity index is 998. The topological polar surface area (TPSA) is 112 Å². The fourth-order valence-electron chi connectivity index (χ4n) is 2.79. The maximum Gasteiger partial charge on any atom is 0.340 e. The number of hydrogen-bond donors (Lipinski definition) is 2. The zero-order valence-corrected chi connectivity index (χ0v) is 15.6. The van der Waals surface area contributed by atoms with E-state index in [9.17, 15) is 14.7 Å². The smallest absolute Gasteiger partial charge is 0.340 e. The molecule has 0 saturated heterocycles.